The molecule has 10 heteroatoms. The number of quaternary nitrogens is 1. The van der Waals surface area contributed by atoms with Gasteiger partial charge in [-0.2, -0.15) is 0 Å². The van der Waals surface area contributed by atoms with Crippen molar-refractivity contribution in [3.05, 3.63) is 0 Å². The summed E-state index contributed by atoms with van der Waals surface area (Å²) in [4.78, 5) is 25.5. The lowest BCUT2D eigenvalue weighted by molar-refractivity contribution is -0.870. The second-order valence-electron chi connectivity index (χ2n) is 17.2. The van der Waals surface area contributed by atoms with Crippen LogP contribution in [0, 0.1) is 0 Å². The highest BCUT2D eigenvalue weighted by atomic mass is 31.2. The molecule has 0 saturated heterocycles. The number of hydrogen-bond acceptors (Lipinski definition) is 8. The molecule has 0 spiro atoms. The van der Waals surface area contributed by atoms with Crippen LogP contribution in [0.5, 0.6) is 0 Å². The molecule has 2 atom stereocenters. The first-order valence-electron chi connectivity index (χ1n) is 23.7. The Morgan fingerprint density at radius 3 is 1.18 bits per heavy atom. The van der Waals surface area contributed by atoms with Gasteiger partial charge in [0.1, 0.15) is 19.8 Å². The van der Waals surface area contributed by atoms with Crippen LogP contribution in [0.25, 0.3) is 0 Å². The largest absolute Gasteiger partial charge is 0.475 e. The molecule has 0 aliphatic rings. The van der Waals surface area contributed by atoms with Crippen molar-refractivity contribution in [2.45, 2.75) is 232 Å². The van der Waals surface area contributed by atoms with Crippen molar-refractivity contribution in [2.75, 3.05) is 54.1 Å². The molecule has 0 bridgehead atoms. The lowest BCUT2D eigenvalue weighted by Gasteiger charge is -2.25. The topological polar surface area (TPSA) is 97.4 Å². The minimum atomic E-state index is -3.89. The van der Waals surface area contributed by atoms with Crippen LogP contribution in [0.3, 0.4) is 0 Å². The van der Waals surface area contributed by atoms with Gasteiger partial charge in [0.2, 0.25) is 0 Å². The first-order chi connectivity index (χ1) is 27.0. The molecule has 0 aliphatic heterocycles. The van der Waals surface area contributed by atoms with Crippen molar-refractivity contribution < 1.29 is 41.7 Å². The molecule has 0 radical (unpaired) electrons. The van der Waals surface area contributed by atoms with Gasteiger partial charge in [-0.15, -0.1) is 0 Å². The Morgan fingerprint density at radius 2 is 0.821 bits per heavy atom. The highest BCUT2D eigenvalue weighted by Gasteiger charge is 2.30. The number of phosphoric acid groups is 1. The maximum Gasteiger partial charge on any atom is 0.475 e. The molecule has 0 heterocycles. The van der Waals surface area contributed by atoms with E-state index in [-0.39, 0.29) is 44.8 Å². The van der Waals surface area contributed by atoms with Crippen LogP contribution in [0.4, 0.5) is 0 Å². The molecule has 9 nitrogen and oxygen atoms in total. The molecular formula is C46H93NO8P+. The van der Waals surface area contributed by atoms with Gasteiger partial charge in [0, 0.05) is 12.8 Å². The summed E-state index contributed by atoms with van der Waals surface area (Å²) in [7, 11) is 2.14. The van der Waals surface area contributed by atoms with Gasteiger partial charge in [0.05, 0.1) is 34.4 Å². The van der Waals surface area contributed by atoms with Crippen LogP contribution >= 0.6 is 7.82 Å². The number of carbonyl (C=O) groups excluding carboxylic acids is 2. The van der Waals surface area contributed by atoms with E-state index in [9.17, 15) is 14.2 Å². The number of likely N-dealkylation sites (N-methyl/N-ethyl adjacent to an activating group) is 1. The van der Waals surface area contributed by atoms with Gasteiger partial charge >= 0.3 is 19.8 Å². The standard InChI is InChI=1S/C46H93NO8P/c1-7-10-12-14-16-18-20-22-24-26-28-30-32-34-36-38-45(48)51-42-44(43-54-56(50,52-9-3)53-41-40-47(4,5)6)55-46(49)39-37-35-33-31-29-27-25-23-21-19-17-15-13-11-8-2/h44H,7-43H2,1-6H3/q+1/t44-,56?/m0/s1. The van der Waals surface area contributed by atoms with Crippen molar-refractivity contribution in [1.82, 2.24) is 0 Å². The van der Waals surface area contributed by atoms with Crippen LogP contribution < -0.4 is 0 Å². The van der Waals surface area contributed by atoms with Gasteiger partial charge in [0.15, 0.2) is 6.10 Å². The second kappa shape index (κ2) is 39.5. The van der Waals surface area contributed by atoms with E-state index in [2.05, 4.69) is 13.8 Å². The minimum Gasteiger partial charge on any atom is -0.462 e. The van der Waals surface area contributed by atoms with Crippen molar-refractivity contribution in [2.24, 2.45) is 0 Å². The Labute approximate surface area is 347 Å². The molecule has 334 valence electrons. The molecule has 0 amide bonds. The van der Waals surface area contributed by atoms with E-state index in [0.717, 1.165) is 38.5 Å². The minimum absolute atomic E-state index is 0.138. The number of carbonyl (C=O) groups is 2. The summed E-state index contributed by atoms with van der Waals surface area (Å²) in [6.45, 7) is 6.76. The number of ether oxygens (including phenoxy) is 2. The van der Waals surface area contributed by atoms with E-state index < -0.39 is 13.9 Å². The van der Waals surface area contributed by atoms with E-state index in [1.54, 1.807) is 6.92 Å². The lowest BCUT2D eigenvalue weighted by Crippen LogP contribution is -2.37. The van der Waals surface area contributed by atoms with Crippen LogP contribution in [0.15, 0.2) is 0 Å². The maximum absolute atomic E-state index is 13.3. The van der Waals surface area contributed by atoms with Crippen molar-refractivity contribution >= 4 is 19.8 Å². The molecule has 0 aliphatic carbocycles. The van der Waals surface area contributed by atoms with Gasteiger partial charge in [-0.25, -0.2) is 4.57 Å². The van der Waals surface area contributed by atoms with Crippen LogP contribution in [-0.4, -0.2) is 76.6 Å². The molecule has 0 aromatic heterocycles. The average Bonchev–Trinajstić information content (AvgIpc) is 3.15. The summed E-state index contributed by atoms with van der Waals surface area (Å²) >= 11 is 0. The summed E-state index contributed by atoms with van der Waals surface area (Å²) in [5.74, 6) is -0.695. The Morgan fingerprint density at radius 1 is 0.464 bits per heavy atom. The van der Waals surface area contributed by atoms with E-state index in [1.807, 2.05) is 21.1 Å². The summed E-state index contributed by atoms with van der Waals surface area (Å²) in [6.07, 6.45) is 37.5. The van der Waals surface area contributed by atoms with E-state index in [0.29, 0.717) is 17.4 Å². The molecular weight excluding hydrogens is 725 g/mol. The fraction of sp³-hybridized carbons (Fsp3) is 0.957. The predicted molar refractivity (Wildman–Crippen MR) is 234 cm³/mol. The summed E-state index contributed by atoms with van der Waals surface area (Å²) in [5.41, 5.74) is 0. The van der Waals surface area contributed by atoms with Crippen molar-refractivity contribution in [3.63, 3.8) is 0 Å². The quantitative estimate of drug-likeness (QED) is 0.0259. The Balaban J connectivity index is 4.48. The zero-order chi connectivity index (χ0) is 41.4. The molecule has 0 rings (SSSR count). The Bertz CT molecular complexity index is 927. The highest BCUT2D eigenvalue weighted by molar-refractivity contribution is 7.48. The van der Waals surface area contributed by atoms with Gasteiger partial charge < -0.3 is 14.0 Å². The molecule has 0 fully saturated rings. The number of unbranched alkanes of at least 4 members (excludes halogenated alkanes) is 28. The summed E-state index contributed by atoms with van der Waals surface area (Å²) in [6, 6.07) is 0. The zero-order valence-electron chi connectivity index (χ0n) is 37.9. The fourth-order valence-corrected chi connectivity index (χ4v) is 7.97. The van der Waals surface area contributed by atoms with Crippen molar-refractivity contribution in [1.29, 1.82) is 0 Å². The van der Waals surface area contributed by atoms with Crippen LogP contribution in [-0.2, 0) is 37.2 Å². The number of nitrogens with zero attached hydrogens (tertiary/aromatic N) is 1. The van der Waals surface area contributed by atoms with Crippen molar-refractivity contribution in [3.8, 4) is 0 Å². The van der Waals surface area contributed by atoms with Crippen LogP contribution in [0.1, 0.15) is 226 Å². The third-order valence-corrected chi connectivity index (χ3v) is 12.0. The van der Waals surface area contributed by atoms with Gasteiger partial charge in [-0.3, -0.25) is 23.2 Å². The molecule has 0 N–H and O–H groups in total. The number of rotatable bonds is 44. The number of phosphoric ester groups is 1. The molecule has 0 saturated carbocycles. The second-order valence-corrected chi connectivity index (χ2v) is 18.9. The number of hydrogen-bond donors (Lipinski definition) is 0. The molecule has 0 aromatic rings. The Hall–Kier alpha value is -0.990. The van der Waals surface area contributed by atoms with E-state index in [4.69, 9.17) is 23.0 Å². The number of esters is 2. The fourth-order valence-electron chi connectivity index (χ4n) is 6.77. The zero-order valence-corrected chi connectivity index (χ0v) is 38.8. The third kappa shape index (κ3) is 39.8. The third-order valence-electron chi connectivity index (χ3n) is 10.4. The smallest absolute Gasteiger partial charge is 0.462 e. The monoisotopic (exact) mass is 819 g/mol. The van der Waals surface area contributed by atoms with Gasteiger partial charge in [0.25, 0.3) is 0 Å². The first kappa shape index (κ1) is 55.0. The average molecular weight is 819 g/mol. The lowest BCUT2D eigenvalue weighted by atomic mass is 10.0. The normalized spacial score (nSPS) is 13.5. The molecule has 0 aromatic carbocycles. The predicted octanol–water partition coefficient (Wildman–Crippen LogP) is 13.8. The first-order valence-corrected chi connectivity index (χ1v) is 25.2. The van der Waals surface area contributed by atoms with E-state index in [1.165, 1.54) is 154 Å². The Kier molecular flexibility index (Phi) is 38.8. The summed E-state index contributed by atoms with van der Waals surface area (Å²) in [5, 5.41) is 0. The molecule has 1 unspecified atom stereocenters. The summed E-state index contributed by atoms with van der Waals surface area (Å²) < 4.78 is 41.8. The molecule has 56 heavy (non-hydrogen) atoms. The maximum atomic E-state index is 13.3. The van der Waals surface area contributed by atoms with Crippen LogP contribution in [0.2, 0.25) is 0 Å². The van der Waals surface area contributed by atoms with E-state index >= 15 is 0 Å². The SMILES string of the molecule is CCCCCCCCCCCCCCCCCC(=O)OC[C@@H](COP(=O)(OCC)OCC[N+](C)(C)C)OC(=O)CCCCCCCCCCCCCCCCC. The van der Waals surface area contributed by atoms with Gasteiger partial charge in [-0.05, 0) is 19.8 Å². The van der Waals surface area contributed by atoms with Gasteiger partial charge in [-0.1, -0.05) is 194 Å². The highest BCUT2D eigenvalue weighted by Crippen LogP contribution is 2.49.